The lowest BCUT2D eigenvalue weighted by atomic mass is 10.0. The summed E-state index contributed by atoms with van der Waals surface area (Å²) >= 11 is 3.51. The summed E-state index contributed by atoms with van der Waals surface area (Å²) in [5.41, 5.74) is 3.32. The van der Waals surface area contributed by atoms with Gasteiger partial charge in [-0.15, -0.1) is 0 Å². The predicted octanol–water partition coefficient (Wildman–Crippen LogP) is 6.01. The van der Waals surface area contributed by atoms with Gasteiger partial charge in [-0.3, -0.25) is 15.0 Å². The zero-order valence-electron chi connectivity index (χ0n) is 17.8. The maximum Gasteiger partial charge on any atom is 0.132 e. The minimum absolute atomic E-state index is 0.408. The Kier molecular flexibility index (Phi) is 9.99. The molecule has 0 aromatic heterocycles. The Hall–Kier alpha value is -3.43. The van der Waals surface area contributed by atoms with E-state index in [4.69, 9.17) is 0 Å². The van der Waals surface area contributed by atoms with Gasteiger partial charge in [0.25, 0.3) is 0 Å². The molecule has 0 amide bonds. The molecule has 0 aliphatic carbocycles. The average molecular weight is 476 g/mol. The smallest absolute Gasteiger partial charge is 0.132 e. The van der Waals surface area contributed by atoms with Crippen molar-refractivity contribution in [1.82, 2.24) is 10.0 Å². The molecule has 0 unspecified atom stereocenters. The predicted molar refractivity (Wildman–Crippen MR) is 134 cm³/mol. The molecule has 1 aromatic rings. The Balaban J connectivity index is 2.56. The van der Waals surface area contributed by atoms with Crippen LogP contribution in [0.4, 0.5) is 0 Å². The van der Waals surface area contributed by atoms with E-state index in [0.717, 1.165) is 21.3 Å². The van der Waals surface area contributed by atoms with Gasteiger partial charge in [0.2, 0.25) is 0 Å². The summed E-state index contributed by atoms with van der Waals surface area (Å²) < 4.78 is 0.982. The molecule has 5 nitrogen and oxygen atoms in total. The summed E-state index contributed by atoms with van der Waals surface area (Å²) in [4.78, 5) is 8.54. The van der Waals surface area contributed by atoms with Crippen LogP contribution in [0.3, 0.4) is 0 Å². The molecule has 158 valence electrons. The Bertz CT molecular complexity index is 992. The number of hydrogen-bond donors (Lipinski definition) is 0. The van der Waals surface area contributed by atoms with Gasteiger partial charge < -0.3 is 0 Å². The summed E-state index contributed by atoms with van der Waals surface area (Å²) in [6, 6.07) is 12.2. The first-order valence-electron chi connectivity index (χ1n) is 9.82. The van der Waals surface area contributed by atoms with Crippen LogP contribution in [0.25, 0.3) is 5.57 Å². The number of benzene rings is 1. The highest BCUT2D eigenvalue weighted by molar-refractivity contribution is 9.11. The first-order chi connectivity index (χ1) is 15.1. The summed E-state index contributed by atoms with van der Waals surface area (Å²) in [6.45, 7) is 8.77. The molecular formula is C25H26BrN5. The highest BCUT2D eigenvalue weighted by Crippen LogP contribution is 2.26. The van der Waals surface area contributed by atoms with E-state index in [9.17, 15) is 5.26 Å². The average Bonchev–Trinajstić information content (AvgIpc) is 2.81. The van der Waals surface area contributed by atoms with E-state index < -0.39 is 0 Å². The zero-order valence-corrected chi connectivity index (χ0v) is 19.4. The number of aliphatic imine (C=N–C) groups is 2. The van der Waals surface area contributed by atoms with Gasteiger partial charge in [-0.05, 0) is 37.6 Å². The third-order valence-corrected chi connectivity index (χ3v) is 4.74. The van der Waals surface area contributed by atoms with Crippen LogP contribution in [0, 0.1) is 11.3 Å². The van der Waals surface area contributed by atoms with Crippen molar-refractivity contribution >= 4 is 34.2 Å². The van der Waals surface area contributed by atoms with Gasteiger partial charge in [-0.25, -0.2) is 5.01 Å². The number of halogens is 1. The van der Waals surface area contributed by atoms with E-state index in [1.54, 1.807) is 25.7 Å². The lowest BCUT2D eigenvalue weighted by Gasteiger charge is -2.34. The number of nitrogens with zero attached hydrogens (tertiary/aromatic N) is 5. The van der Waals surface area contributed by atoms with Crippen LogP contribution in [0.5, 0.6) is 0 Å². The molecule has 2 rings (SSSR count). The van der Waals surface area contributed by atoms with Gasteiger partial charge in [0.1, 0.15) is 19.3 Å². The van der Waals surface area contributed by atoms with Gasteiger partial charge in [0.05, 0.1) is 18.3 Å². The highest BCUT2D eigenvalue weighted by atomic mass is 79.9. The van der Waals surface area contributed by atoms with Crippen LogP contribution >= 0.6 is 15.9 Å². The summed E-state index contributed by atoms with van der Waals surface area (Å²) in [7, 11) is 0. The Labute approximate surface area is 193 Å². The monoisotopic (exact) mass is 475 g/mol. The van der Waals surface area contributed by atoms with Gasteiger partial charge in [0, 0.05) is 15.6 Å². The van der Waals surface area contributed by atoms with Gasteiger partial charge in [-0.2, -0.15) is 5.26 Å². The first kappa shape index (κ1) is 23.8. The van der Waals surface area contributed by atoms with Crippen LogP contribution in [-0.2, 0) is 0 Å². The molecule has 31 heavy (non-hydrogen) atoms. The fourth-order valence-electron chi connectivity index (χ4n) is 2.82. The quantitative estimate of drug-likeness (QED) is 0.324. The van der Waals surface area contributed by atoms with Crippen molar-refractivity contribution < 1.29 is 0 Å². The van der Waals surface area contributed by atoms with E-state index in [1.165, 1.54) is 0 Å². The van der Waals surface area contributed by atoms with Crippen LogP contribution in [0.2, 0.25) is 0 Å². The van der Waals surface area contributed by atoms with E-state index in [2.05, 4.69) is 38.6 Å². The van der Waals surface area contributed by atoms with E-state index in [1.807, 2.05) is 83.7 Å². The van der Waals surface area contributed by atoms with Crippen LogP contribution in [0.15, 0.2) is 105 Å². The Morgan fingerprint density at radius 1 is 1.29 bits per heavy atom. The van der Waals surface area contributed by atoms with E-state index >= 15 is 0 Å². The molecule has 0 radical (unpaired) electrons. The summed E-state index contributed by atoms with van der Waals surface area (Å²) in [6.07, 6.45) is 17.1. The van der Waals surface area contributed by atoms with Crippen molar-refractivity contribution in [2.45, 2.75) is 13.8 Å². The third kappa shape index (κ3) is 7.40. The fraction of sp³-hybridized carbons (Fsp3) is 0.160. The minimum atomic E-state index is 0.408. The Morgan fingerprint density at radius 3 is 2.61 bits per heavy atom. The number of rotatable bonds is 9. The van der Waals surface area contributed by atoms with Gasteiger partial charge in [0.15, 0.2) is 0 Å². The normalized spacial score (nSPS) is 15.4. The summed E-state index contributed by atoms with van der Waals surface area (Å²) in [5, 5.41) is 13.2. The van der Waals surface area contributed by atoms with Crippen LogP contribution < -0.4 is 0 Å². The third-order valence-electron chi connectivity index (χ3n) is 4.21. The number of hydrogen-bond acceptors (Lipinski definition) is 5. The molecule has 1 aliphatic rings. The molecule has 0 saturated heterocycles. The minimum Gasteiger partial charge on any atom is -0.275 e. The van der Waals surface area contributed by atoms with Crippen LogP contribution in [-0.4, -0.2) is 35.9 Å². The number of hydrazine groups is 1. The van der Waals surface area contributed by atoms with Crippen molar-refractivity contribution in [3.63, 3.8) is 0 Å². The first-order valence-corrected chi connectivity index (χ1v) is 10.6. The second-order valence-electron chi connectivity index (χ2n) is 6.49. The molecule has 0 bridgehead atoms. The SMILES string of the molecule is C=C/C(=C(\C=C(/C)C#N)c1ccccc1)N(C/C=C/C=C(Br)\C=C/C)N1C=NCN=C1. The second kappa shape index (κ2) is 13.0. The molecule has 1 aliphatic heterocycles. The molecular weight excluding hydrogens is 450 g/mol. The van der Waals surface area contributed by atoms with Gasteiger partial charge >= 0.3 is 0 Å². The summed E-state index contributed by atoms with van der Waals surface area (Å²) in [5.74, 6) is 0. The van der Waals surface area contributed by atoms with E-state index in [-0.39, 0.29) is 0 Å². The lowest BCUT2D eigenvalue weighted by molar-refractivity contribution is 0.201. The molecule has 0 N–H and O–H groups in total. The van der Waals surface area contributed by atoms with Crippen LogP contribution in [0.1, 0.15) is 19.4 Å². The molecule has 0 atom stereocenters. The zero-order chi connectivity index (χ0) is 22.5. The lowest BCUT2D eigenvalue weighted by Crippen LogP contribution is -2.41. The maximum atomic E-state index is 9.38. The molecule has 0 spiro atoms. The van der Waals surface area contributed by atoms with Crippen molar-refractivity contribution in [2.24, 2.45) is 9.98 Å². The fourth-order valence-corrected chi connectivity index (χ4v) is 3.24. The molecule has 0 fully saturated rings. The number of allylic oxidation sites excluding steroid dienone is 9. The van der Waals surface area contributed by atoms with Gasteiger partial charge in [-0.1, -0.05) is 77.1 Å². The molecule has 1 aromatic carbocycles. The topological polar surface area (TPSA) is 55.0 Å². The van der Waals surface area contributed by atoms with Crippen molar-refractivity contribution in [3.05, 3.63) is 101 Å². The standard InChI is InChI=1S/C25H26BrN5/c1-4-11-23(26)14-9-10-15-31(30-19-28-18-29-20-30)25(5-2)24(16-21(3)17-27)22-12-7-6-8-13-22/h4-14,16,19-20H,2,15,18H2,1,3H3/b10-9+,11-4-,21-16+,23-14+,25-24-. The van der Waals surface area contributed by atoms with Crippen molar-refractivity contribution in [1.29, 1.82) is 5.26 Å². The largest absolute Gasteiger partial charge is 0.275 e. The Morgan fingerprint density at radius 2 is 2.00 bits per heavy atom. The molecule has 1 heterocycles. The highest BCUT2D eigenvalue weighted by Gasteiger charge is 2.17. The second-order valence-corrected chi connectivity index (χ2v) is 7.40. The van der Waals surface area contributed by atoms with E-state index in [0.29, 0.717) is 18.8 Å². The molecule has 0 saturated carbocycles. The maximum absolute atomic E-state index is 9.38. The van der Waals surface area contributed by atoms with Crippen molar-refractivity contribution in [2.75, 3.05) is 13.2 Å². The molecule has 6 heteroatoms. The van der Waals surface area contributed by atoms with Crippen molar-refractivity contribution in [3.8, 4) is 6.07 Å². The number of nitriles is 1.